The third-order valence-electron chi connectivity index (χ3n) is 2.97. The summed E-state index contributed by atoms with van der Waals surface area (Å²) in [6, 6.07) is 11.4. The molecule has 1 aromatic carbocycles. The van der Waals surface area contributed by atoms with Crippen molar-refractivity contribution in [3.63, 3.8) is 0 Å². The average molecular weight is 255 g/mol. The van der Waals surface area contributed by atoms with E-state index in [9.17, 15) is 4.79 Å². The number of hydrogen-bond donors (Lipinski definition) is 1. The number of anilines is 2. The van der Waals surface area contributed by atoms with E-state index in [2.05, 4.69) is 10.3 Å². The monoisotopic (exact) mass is 255 g/mol. The highest BCUT2D eigenvalue weighted by molar-refractivity contribution is 6.08. The van der Waals surface area contributed by atoms with Gasteiger partial charge in [-0.3, -0.25) is 4.79 Å². The predicted octanol–water partition coefficient (Wildman–Crippen LogP) is 2.71. The number of hydrogen-bond acceptors (Lipinski definition) is 3. The van der Waals surface area contributed by atoms with E-state index in [4.69, 9.17) is 0 Å². The number of nitrogens with one attached hydrogen (secondary N) is 1. The molecule has 1 aromatic heterocycles. The van der Waals surface area contributed by atoms with Gasteiger partial charge in [0.15, 0.2) is 0 Å². The molecule has 0 bridgehead atoms. The van der Waals surface area contributed by atoms with Crippen LogP contribution in [0.15, 0.2) is 42.6 Å². The highest BCUT2D eigenvalue weighted by Gasteiger charge is 2.17. The van der Waals surface area contributed by atoms with Crippen LogP contribution in [-0.4, -0.2) is 25.0 Å². The van der Waals surface area contributed by atoms with E-state index in [0.717, 1.165) is 11.3 Å². The van der Waals surface area contributed by atoms with Crippen molar-refractivity contribution in [2.24, 2.45) is 0 Å². The van der Waals surface area contributed by atoms with E-state index in [-0.39, 0.29) is 5.91 Å². The van der Waals surface area contributed by atoms with Crippen molar-refractivity contribution in [1.82, 2.24) is 4.98 Å². The van der Waals surface area contributed by atoms with Crippen molar-refractivity contribution < 1.29 is 4.79 Å². The summed E-state index contributed by atoms with van der Waals surface area (Å²) >= 11 is 0. The Morgan fingerprint density at radius 2 is 2.05 bits per heavy atom. The molecule has 0 aliphatic carbocycles. The van der Waals surface area contributed by atoms with Crippen LogP contribution in [0.3, 0.4) is 0 Å². The van der Waals surface area contributed by atoms with Crippen molar-refractivity contribution in [3.05, 3.63) is 53.7 Å². The lowest BCUT2D eigenvalue weighted by molar-refractivity contribution is 0.0993. The van der Waals surface area contributed by atoms with Gasteiger partial charge in [0.25, 0.3) is 5.91 Å². The van der Waals surface area contributed by atoms with Gasteiger partial charge in [-0.1, -0.05) is 12.1 Å². The van der Waals surface area contributed by atoms with Gasteiger partial charge in [0.1, 0.15) is 5.82 Å². The Morgan fingerprint density at radius 1 is 1.26 bits per heavy atom. The van der Waals surface area contributed by atoms with E-state index in [1.807, 2.05) is 31.2 Å². The van der Waals surface area contributed by atoms with Gasteiger partial charge in [-0.15, -0.1) is 0 Å². The minimum absolute atomic E-state index is 0.0805. The molecule has 0 atom stereocenters. The number of pyridine rings is 1. The van der Waals surface area contributed by atoms with Crippen LogP contribution < -0.4 is 10.2 Å². The molecule has 2 aromatic rings. The van der Waals surface area contributed by atoms with Crippen LogP contribution in [0.4, 0.5) is 11.5 Å². The number of nitrogens with zero attached hydrogens (tertiary/aromatic N) is 2. The SMILES string of the molecule is CNc1ncccc1C(=O)N(C)c1cccc(C)c1. The fraction of sp³-hybridized carbons (Fsp3) is 0.200. The summed E-state index contributed by atoms with van der Waals surface area (Å²) in [5.41, 5.74) is 2.56. The second-order valence-corrected chi connectivity index (χ2v) is 4.35. The van der Waals surface area contributed by atoms with Crippen molar-refractivity contribution in [2.75, 3.05) is 24.3 Å². The molecule has 1 amide bonds. The van der Waals surface area contributed by atoms with E-state index in [1.54, 1.807) is 37.3 Å². The number of carbonyl (C=O) groups excluding carboxylic acids is 1. The Bertz CT molecular complexity index is 595. The zero-order valence-corrected chi connectivity index (χ0v) is 11.3. The van der Waals surface area contributed by atoms with Crippen molar-refractivity contribution in [3.8, 4) is 0 Å². The van der Waals surface area contributed by atoms with Crippen molar-refractivity contribution >= 4 is 17.4 Å². The molecule has 0 saturated heterocycles. The Labute approximate surface area is 113 Å². The van der Waals surface area contributed by atoms with Gasteiger partial charge in [-0.05, 0) is 36.8 Å². The van der Waals surface area contributed by atoms with Gasteiger partial charge in [-0.2, -0.15) is 0 Å². The predicted molar refractivity (Wildman–Crippen MR) is 77.7 cm³/mol. The highest BCUT2D eigenvalue weighted by Crippen LogP contribution is 2.19. The number of carbonyl (C=O) groups is 1. The smallest absolute Gasteiger partial charge is 0.261 e. The van der Waals surface area contributed by atoms with E-state index >= 15 is 0 Å². The summed E-state index contributed by atoms with van der Waals surface area (Å²) in [4.78, 5) is 18.3. The first-order chi connectivity index (χ1) is 9.13. The van der Waals surface area contributed by atoms with E-state index in [0.29, 0.717) is 11.4 Å². The van der Waals surface area contributed by atoms with Crippen LogP contribution in [0.1, 0.15) is 15.9 Å². The lowest BCUT2D eigenvalue weighted by Crippen LogP contribution is -2.27. The first kappa shape index (κ1) is 13.1. The van der Waals surface area contributed by atoms with Gasteiger partial charge in [0.05, 0.1) is 5.56 Å². The molecule has 0 spiro atoms. The topological polar surface area (TPSA) is 45.2 Å². The van der Waals surface area contributed by atoms with Crippen LogP contribution in [-0.2, 0) is 0 Å². The number of benzene rings is 1. The first-order valence-corrected chi connectivity index (χ1v) is 6.11. The number of aryl methyl sites for hydroxylation is 1. The standard InChI is InChI=1S/C15H17N3O/c1-11-6-4-7-12(10-11)18(3)15(19)13-8-5-9-17-14(13)16-2/h4-10H,1-3H3,(H,16,17). The zero-order valence-electron chi connectivity index (χ0n) is 11.3. The highest BCUT2D eigenvalue weighted by atomic mass is 16.2. The maximum atomic E-state index is 12.5. The Morgan fingerprint density at radius 3 is 2.74 bits per heavy atom. The molecule has 0 aliphatic rings. The molecule has 19 heavy (non-hydrogen) atoms. The fourth-order valence-corrected chi connectivity index (χ4v) is 1.91. The molecular weight excluding hydrogens is 238 g/mol. The molecule has 2 rings (SSSR count). The van der Waals surface area contributed by atoms with E-state index < -0.39 is 0 Å². The summed E-state index contributed by atoms with van der Waals surface area (Å²) in [6.45, 7) is 2.00. The molecule has 4 heteroatoms. The maximum absolute atomic E-state index is 12.5. The Kier molecular flexibility index (Phi) is 3.80. The quantitative estimate of drug-likeness (QED) is 0.917. The minimum Gasteiger partial charge on any atom is -0.372 e. The van der Waals surface area contributed by atoms with Crippen molar-refractivity contribution in [2.45, 2.75) is 6.92 Å². The van der Waals surface area contributed by atoms with Gasteiger partial charge in [-0.25, -0.2) is 4.98 Å². The molecule has 0 fully saturated rings. The van der Waals surface area contributed by atoms with Crippen LogP contribution in [0.2, 0.25) is 0 Å². The third-order valence-corrected chi connectivity index (χ3v) is 2.97. The van der Waals surface area contributed by atoms with Crippen LogP contribution in [0.5, 0.6) is 0 Å². The van der Waals surface area contributed by atoms with Gasteiger partial charge in [0.2, 0.25) is 0 Å². The molecule has 0 radical (unpaired) electrons. The zero-order chi connectivity index (χ0) is 13.8. The summed E-state index contributed by atoms with van der Waals surface area (Å²) in [5.74, 6) is 0.509. The summed E-state index contributed by atoms with van der Waals surface area (Å²) in [5, 5.41) is 2.94. The lowest BCUT2D eigenvalue weighted by atomic mass is 10.2. The van der Waals surface area contributed by atoms with Gasteiger partial charge < -0.3 is 10.2 Å². The summed E-state index contributed by atoms with van der Waals surface area (Å²) < 4.78 is 0. The number of rotatable bonds is 3. The van der Waals surface area contributed by atoms with Crippen LogP contribution in [0, 0.1) is 6.92 Å². The molecule has 0 unspecified atom stereocenters. The summed E-state index contributed by atoms with van der Waals surface area (Å²) in [6.07, 6.45) is 1.66. The molecule has 4 nitrogen and oxygen atoms in total. The molecule has 0 aliphatic heterocycles. The second-order valence-electron chi connectivity index (χ2n) is 4.35. The fourth-order valence-electron chi connectivity index (χ4n) is 1.91. The van der Waals surface area contributed by atoms with Crippen LogP contribution in [0.25, 0.3) is 0 Å². The molecular formula is C15H17N3O. The molecule has 0 saturated carbocycles. The largest absolute Gasteiger partial charge is 0.372 e. The lowest BCUT2D eigenvalue weighted by Gasteiger charge is -2.19. The minimum atomic E-state index is -0.0805. The number of amides is 1. The van der Waals surface area contributed by atoms with Gasteiger partial charge >= 0.3 is 0 Å². The van der Waals surface area contributed by atoms with Crippen molar-refractivity contribution in [1.29, 1.82) is 0 Å². The third kappa shape index (κ3) is 2.73. The van der Waals surface area contributed by atoms with E-state index in [1.165, 1.54) is 0 Å². The molecule has 1 heterocycles. The normalized spacial score (nSPS) is 10.1. The molecule has 98 valence electrons. The Balaban J connectivity index is 2.33. The maximum Gasteiger partial charge on any atom is 0.261 e. The number of aromatic nitrogens is 1. The summed E-state index contributed by atoms with van der Waals surface area (Å²) in [7, 11) is 3.52. The second kappa shape index (κ2) is 5.52. The average Bonchev–Trinajstić information content (AvgIpc) is 2.45. The van der Waals surface area contributed by atoms with Crippen LogP contribution >= 0.6 is 0 Å². The molecule has 1 N–H and O–H groups in total. The Hall–Kier alpha value is -2.36. The van der Waals surface area contributed by atoms with Gasteiger partial charge in [0, 0.05) is 26.0 Å². The first-order valence-electron chi connectivity index (χ1n) is 6.11.